The van der Waals surface area contributed by atoms with Gasteiger partial charge >= 0.3 is 6.18 Å². The van der Waals surface area contributed by atoms with E-state index in [1.807, 2.05) is 0 Å². The van der Waals surface area contributed by atoms with E-state index in [4.69, 9.17) is 17.1 Å². The fourth-order valence-corrected chi connectivity index (χ4v) is 1.24. The quantitative estimate of drug-likeness (QED) is 0.202. The molecule has 0 fully saturated rings. The van der Waals surface area contributed by atoms with Crippen molar-refractivity contribution in [2.75, 3.05) is 6.54 Å². The number of pyridine rings is 1. The van der Waals surface area contributed by atoms with E-state index in [0.717, 1.165) is 6.07 Å². The van der Waals surface area contributed by atoms with E-state index < -0.39 is 11.9 Å². The topological polar surface area (TPSA) is 61.7 Å². The number of halogens is 4. The number of hydrogen-bond acceptors (Lipinski definition) is 2. The maximum absolute atomic E-state index is 12.4. The van der Waals surface area contributed by atoms with Gasteiger partial charge in [0.1, 0.15) is 10.8 Å². The van der Waals surface area contributed by atoms with Gasteiger partial charge in [-0.25, -0.2) is 4.98 Å². The minimum atomic E-state index is -4.56. The first kappa shape index (κ1) is 14.2. The third kappa shape index (κ3) is 4.53. The first-order chi connectivity index (χ1) is 8.43. The van der Waals surface area contributed by atoms with Crippen LogP contribution in [0, 0.1) is 11.8 Å². The molecular formula is C10H6ClF3N4. The molecule has 94 valence electrons. The zero-order valence-corrected chi connectivity index (χ0v) is 9.63. The van der Waals surface area contributed by atoms with E-state index in [9.17, 15) is 13.2 Å². The summed E-state index contributed by atoms with van der Waals surface area (Å²) in [7, 11) is 0. The second kappa shape index (κ2) is 6.15. The molecule has 0 aliphatic rings. The SMILES string of the molecule is [N-]=[N+]=NCCC#Cc1cc(Cl)nc(C(F)(F)F)c1. The van der Waals surface area contributed by atoms with Crippen molar-refractivity contribution in [3.63, 3.8) is 0 Å². The van der Waals surface area contributed by atoms with E-state index in [2.05, 4.69) is 26.9 Å². The molecule has 0 atom stereocenters. The maximum atomic E-state index is 12.4. The van der Waals surface area contributed by atoms with Crippen LogP contribution in [0.15, 0.2) is 17.2 Å². The molecule has 1 aromatic heterocycles. The number of rotatable bonds is 2. The minimum Gasteiger partial charge on any atom is -0.232 e. The van der Waals surface area contributed by atoms with Crippen molar-refractivity contribution < 1.29 is 13.2 Å². The normalized spacial score (nSPS) is 10.2. The van der Waals surface area contributed by atoms with Crippen LogP contribution in [0.1, 0.15) is 17.7 Å². The molecule has 18 heavy (non-hydrogen) atoms. The second-order valence-electron chi connectivity index (χ2n) is 3.07. The van der Waals surface area contributed by atoms with Crippen molar-refractivity contribution in [3.05, 3.63) is 39.0 Å². The first-order valence-electron chi connectivity index (χ1n) is 4.68. The number of aromatic nitrogens is 1. The molecule has 4 nitrogen and oxygen atoms in total. The largest absolute Gasteiger partial charge is 0.433 e. The van der Waals surface area contributed by atoms with Gasteiger partial charge in [0.2, 0.25) is 0 Å². The predicted molar refractivity (Wildman–Crippen MR) is 59.8 cm³/mol. The van der Waals surface area contributed by atoms with Crippen LogP contribution in [-0.4, -0.2) is 11.5 Å². The molecule has 0 aliphatic heterocycles. The molecule has 0 saturated heterocycles. The Hall–Kier alpha value is -1.90. The number of hydrogen-bond donors (Lipinski definition) is 0. The maximum Gasteiger partial charge on any atom is 0.433 e. The molecule has 0 radical (unpaired) electrons. The van der Waals surface area contributed by atoms with E-state index >= 15 is 0 Å². The highest BCUT2D eigenvalue weighted by atomic mass is 35.5. The summed E-state index contributed by atoms with van der Waals surface area (Å²) in [4.78, 5) is 5.69. The molecule has 0 aliphatic carbocycles. The van der Waals surface area contributed by atoms with Gasteiger partial charge in [-0.3, -0.25) is 0 Å². The molecule has 1 aromatic rings. The average Bonchev–Trinajstić information content (AvgIpc) is 2.27. The van der Waals surface area contributed by atoms with Crippen LogP contribution in [0.3, 0.4) is 0 Å². The Labute approximate surface area is 105 Å². The van der Waals surface area contributed by atoms with Crippen LogP contribution in [-0.2, 0) is 6.18 Å². The molecule has 0 saturated carbocycles. The van der Waals surface area contributed by atoms with Crippen LogP contribution in [0.5, 0.6) is 0 Å². The zero-order chi connectivity index (χ0) is 13.6. The highest BCUT2D eigenvalue weighted by Crippen LogP contribution is 2.29. The Morgan fingerprint density at radius 1 is 1.44 bits per heavy atom. The van der Waals surface area contributed by atoms with Crippen LogP contribution < -0.4 is 0 Å². The van der Waals surface area contributed by atoms with Gasteiger partial charge in [0.15, 0.2) is 0 Å². The monoisotopic (exact) mass is 274 g/mol. The molecule has 0 amide bonds. The molecule has 0 spiro atoms. The summed E-state index contributed by atoms with van der Waals surface area (Å²) in [5.41, 5.74) is 7.03. The third-order valence-electron chi connectivity index (χ3n) is 1.72. The number of nitrogens with zero attached hydrogens (tertiary/aromatic N) is 4. The van der Waals surface area contributed by atoms with E-state index in [0.29, 0.717) is 0 Å². The van der Waals surface area contributed by atoms with Crippen LogP contribution >= 0.6 is 11.6 Å². The van der Waals surface area contributed by atoms with Crippen LogP contribution in [0.4, 0.5) is 13.2 Å². The number of azide groups is 1. The van der Waals surface area contributed by atoms with Gasteiger partial charge in [0, 0.05) is 23.4 Å². The number of alkyl halides is 3. The average molecular weight is 275 g/mol. The highest BCUT2D eigenvalue weighted by Gasteiger charge is 2.33. The second-order valence-corrected chi connectivity index (χ2v) is 3.46. The van der Waals surface area contributed by atoms with Gasteiger partial charge in [0.05, 0.1) is 0 Å². The third-order valence-corrected chi connectivity index (χ3v) is 1.91. The van der Waals surface area contributed by atoms with Gasteiger partial charge < -0.3 is 0 Å². The molecule has 1 heterocycles. The molecule has 0 aromatic carbocycles. The molecule has 0 N–H and O–H groups in total. The summed E-state index contributed by atoms with van der Waals surface area (Å²) in [6, 6.07) is 2.05. The standard InChI is InChI=1S/C10H6ClF3N4/c11-9-6-7(3-1-2-4-16-18-15)5-8(17-9)10(12,13)14/h5-6H,2,4H2. The van der Waals surface area contributed by atoms with Gasteiger partial charge in [-0.15, -0.1) is 0 Å². The van der Waals surface area contributed by atoms with Gasteiger partial charge in [0.25, 0.3) is 0 Å². The Balaban J connectivity index is 2.90. The van der Waals surface area contributed by atoms with Crippen molar-refractivity contribution in [2.24, 2.45) is 5.11 Å². The Morgan fingerprint density at radius 2 is 2.17 bits per heavy atom. The highest BCUT2D eigenvalue weighted by molar-refractivity contribution is 6.29. The molecular weight excluding hydrogens is 269 g/mol. The summed E-state index contributed by atoms with van der Waals surface area (Å²) < 4.78 is 37.2. The zero-order valence-electron chi connectivity index (χ0n) is 8.87. The van der Waals surface area contributed by atoms with Gasteiger partial charge in [-0.1, -0.05) is 28.6 Å². The Kier molecular flexibility index (Phi) is 4.84. The van der Waals surface area contributed by atoms with E-state index in [-0.39, 0.29) is 23.7 Å². The molecule has 1 rings (SSSR count). The summed E-state index contributed by atoms with van der Waals surface area (Å²) in [6.45, 7) is 0.161. The Bertz CT molecular complexity index is 538. The van der Waals surface area contributed by atoms with Crippen molar-refractivity contribution in [1.29, 1.82) is 0 Å². The van der Waals surface area contributed by atoms with Crippen molar-refractivity contribution in [1.82, 2.24) is 4.98 Å². The van der Waals surface area contributed by atoms with E-state index in [1.54, 1.807) is 0 Å². The van der Waals surface area contributed by atoms with Crippen molar-refractivity contribution in [3.8, 4) is 11.8 Å². The molecule has 0 bridgehead atoms. The predicted octanol–water partition coefficient (Wildman–Crippen LogP) is 3.81. The van der Waals surface area contributed by atoms with Crippen molar-refractivity contribution >= 4 is 11.6 Å². The molecule has 0 unspecified atom stereocenters. The van der Waals surface area contributed by atoms with Gasteiger partial charge in [-0.2, -0.15) is 13.2 Å². The lowest BCUT2D eigenvalue weighted by atomic mass is 10.2. The Morgan fingerprint density at radius 3 is 2.78 bits per heavy atom. The first-order valence-corrected chi connectivity index (χ1v) is 5.06. The summed E-state index contributed by atoms with van der Waals surface area (Å²) in [6.07, 6.45) is -4.31. The fourth-order valence-electron chi connectivity index (χ4n) is 1.03. The van der Waals surface area contributed by atoms with Crippen LogP contribution in [0.25, 0.3) is 10.4 Å². The summed E-state index contributed by atoms with van der Waals surface area (Å²) in [5.74, 6) is 5.07. The smallest absolute Gasteiger partial charge is 0.232 e. The van der Waals surface area contributed by atoms with Crippen molar-refractivity contribution in [2.45, 2.75) is 12.6 Å². The lowest BCUT2D eigenvalue weighted by Crippen LogP contribution is -2.08. The van der Waals surface area contributed by atoms with Crippen LogP contribution in [0.2, 0.25) is 5.15 Å². The molecule has 8 heteroatoms. The summed E-state index contributed by atoms with van der Waals surface area (Å²) in [5, 5.41) is 2.96. The van der Waals surface area contributed by atoms with E-state index in [1.165, 1.54) is 6.07 Å². The summed E-state index contributed by atoms with van der Waals surface area (Å²) >= 11 is 5.47. The fraction of sp³-hybridized carbons (Fsp3) is 0.300. The lowest BCUT2D eigenvalue weighted by Gasteiger charge is -2.05. The van der Waals surface area contributed by atoms with Gasteiger partial charge in [-0.05, 0) is 17.7 Å². The minimum absolute atomic E-state index is 0.114. The lowest BCUT2D eigenvalue weighted by molar-refractivity contribution is -0.141.